The summed E-state index contributed by atoms with van der Waals surface area (Å²) >= 11 is 0. The van der Waals surface area contributed by atoms with Crippen molar-refractivity contribution in [1.29, 1.82) is 0 Å². The number of benzene rings is 5. The molecule has 0 amide bonds. The minimum absolute atomic E-state index is 0.731. The van der Waals surface area contributed by atoms with Crippen molar-refractivity contribution in [3.05, 3.63) is 151 Å². The molecular weight excluding hydrogens is 522 g/mol. The van der Waals surface area contributed by atoms with Crippen LogP contribution in [0.15, 0.2) is 140 Å². The van der Waals surface area contributed by atoms with Gasteiger partial charge in [-0.15, -0.1) is 0 Å². The van der Waals surface area contributed by atoms with Crippen molar-refractivity contribution in [2.45, 2.75) is 25.7 Å². The molecule has 0 spiro atoms. The van der Waals surface area contributed by atoms with Crippen LogP contribution in [0.25, 0.3) is 61.6 Å². The molecule has 43 heavy (non-hydrogen) atoms. The van der Waals surface area contributed by atoms with Crippen molar-refractivity contribution in [3.63, 3.8) is 0 Å². The Morgan fingerprint density at radius 2 is 1.09 bits per heavy atom. The average Bonchev–Trinajstić information content (AvgIpc) is 3.43. The van der Waals surface area contributed by atoms with E-state index in [4.69, 9.17) is 9.97 Å². The lowest BCUT2D eigenvalue weighted by molar-refractivity contribution is 0.667. The minimum atomic E-state index is 0.731. The van der Waals surface area contributed by atoms with Crippen LogP contribution in [-0.2, 0) is 12.8 Å². The second kappa shape index (κ2) is 10.8. The molecular formula is C40H31N3. The lowest BCUT2D eigenvalue weighted by Crippen LogP contribution is -2.06. The fraction of sp³-hybridized carbons (Fsp3) is 0.100. The fourth-order valence-corrected chi connectivity index (χ4v) is 6.52. The van der Waals surface area contributed by atoms with E-state index in [0.717, 1.165) is 40.3 Å². The molecule has 0 atom stereocenters. The third-order valence-corrected chi connectivity index (χ3v) is 8.62. The van der Waals surface area contributed by atoms with E-state index < -0.39 is 0 Å². The molecule has 7 aromatic rings. The monoisotopic (exact) mass is 553 g/mol. The highest BCUT2D eigenvalue weighted by Gasteiger charge is 2.20. The van der Waals surface area contributed by atoms with E-state index >= 15 is 0 Å². The maximum Gasteiger partial charge on any atom is 0.160 e. The molecule has 1 aliphatic rings. The molecule has 0 aliphatic heterocycles. The Kier molecular flexibility index (Phi) is 6.42. The number of para-hydroxylation sites is 1. The molecule has 206 valence electrons. The molecule has 5 aromatic carbocycles. The van der Waals surface area contributed by atoms with E-state index in [-0.39, 0.29) is 0 Å². The number of hydrogen-bond acceptors (Lipinski definition) is 2. The highest BCUT2D eigenvalue weighted by Crippen LogP contribution is 2.36. The summed E-state index contributed by atoms with van der Waals surface area (Å²) in [5, 5.41) is 1.41. The van der Waals surface area contributed by atoms with Crippen molar-refractivity contribution in [2.24, 2.45) is 0 Å². The van der Waals surface area contributed by atoms with Crippen LogP contribution in [0.4, 0.5) is 0 Å². The van der Waals surface area contributed by atoms with Gasteiger partial charge in [0.2, 0.25) is 0 Å². The first-order valence-electron chi connectivity index (χ1n) is 15.1. The Bertz CT molecular complexity index is 2000. The summed E-state index contributed by atoms with van der Waals surface area (Å²) in [6, 6.07) is 49.3. The molecule has 1 aliphatic carbocycles. The van der Waals surface area contributed by atoms with Gasteiger partial charge < -0.3 is 4.57 Å². The van der Waals surface area contributed by atoms with Crippen LogP contribution in [0.1, 0.15) is 24.1 Å². The van der Waals surface area contributed by atoms with Crippen LogP contribution in [0.5, 0.6) is 0 Å². The molecule has 0 saturated heterocycles. The summed E-state index contributed by atoms with van der Waals surface area (Å²) in [6.07, 6.45) is 4.86. The standard InChI is InChI=1S/C40H31N3/c1-3-12-29(13-4-1)36-27-37(42-40(41-36)30-14-5-2-6-15-30)32-17-11-16-31(26-32)28-22-24-33(25-23-28)43-38-20-9-7-18-34(38)35-19-8-10-21-39(35)43/h1-7,9,11-18,20,22-27H,8,10,19,21H2. The summed E-state index contributed by atoms with van der Waals surface area (Å²) in [6.45, 7) is 0. The topological polar surface area (TPSA) is 30.7 Å². The first-order valence-corrected chi connectivity index (χ1v) is 15.1. The van der Waals surface area contributed by atoms with Crippen LogP contribution < -0.4 is 0 Å². The van der Waals surface area contributed by atoms with Crippen LogP contribution in [0.3, 0.4) is 0 Å². The molecule has 0 bridgehead atoms. The second-order valence-electron chi connectivity index (χ2n) is 11.3. The minimum Gasteiger partial charge on any atom is -0.313 e. The third-order valence-electron chi connectivity index (χ3n) is 8.62. The van der Waals surface area contributed by atoms with Gasteiger partial charge in [-0.1, -0.05) is 109 Å². The molecule has 0 unspecified atom stereocenters. The van der Waals surface area contributed by atoms with Gasteiger partial charge in [0.1, 0.15) is 0 Å². The predicted octanol–water partition coefficient (Wildman–Crippen LogP) is 9.97. The smallest absolute Gasteiger partial charge is 0.160 e. The van der Waals surface area contributed by atoms with Gasteiger partial charge in [-0.3, -0.25) is 0 Å². The van der Waals surface area contributed by atoms with Crippen molar-refractivity contribution in [1.82, 2.24) is 14.5 Å². The van der Waals surface area contributed by atoms with Crippen LogP contribution in [0.2, 0.25) is 0 Å². The Morgan fingerprint density at radius 3 is 1.88 bits per heavy atom. The number of aromatic nitrogens is 3. The van der Waals surface area contributed by atoms with Crippen LogP contribution in [-0.4, -0.2) is 14.5 Å². The van der Waals surface area contributed by atoms with Gasteiger partial charge in [-0.25, -0.2) is 9.97 Å². The summed E-state index contributed by atoms with van der Waals surface area (Å²) in [4.78, 5) is 9.99. The van der Waals surface area contributed by atoms with Crippen LogP contribution >= 0.6 is 0 Å². The normalized spacial score (nSPS) is 12.7. The molecule has 8 rings (SSSR count). The summed E-state index contributed by atoms with van der Waals surface area (Å²) in [5.74, 6) is 0.731. The molecule has 0 saturated carbocycles. The second-order valence-corrected chi connectivity index (χ2v) is 11.3. The summed E-state index contributed by atoms with van der Waals surface area (Å²) < 4.78 is 2.49. The Hall–Kier alpha value is -5.28. The molecule has 3 nitrogen and oxygen atoms in total. The number of hydrogen-bond donors (Lipinski definition) is 0. The van der Waals surface area contributed by atoms with E-state index in [1.54, 1.807) is 0 Å². The lowest BCUT2D eigenvalue weighted by Gasteiger charge is -2.16. The van der Waals surface area contributed by atoms with Crippen molar-refractivity contribution >= 4 is 10.9 Å². The molecule has 2 heterocycles. The van der Waals surface area contributed by atoms with Gasteiger partial charge in [0, 0.05) is 33.5 Å². The molecule has 0 radical (unpaired) electrons. The first kappa shape index (κ1) is 25.4. The average molecular weight is 554 g/mol. The van der Waals surface area contributed by atoms with Gasteiger partial charge in [-0.2, -0.15) is 0 Å². The zero-order chi connectivity index (χ0) is 28.6. The number of nitrogens with zero attached hydrogens (tertiary/aromatic N) is 3. The number of fused-ring (bicyclic) bond motifs is 3. The van der Waals surface area contributed by atoms with Gasteiger partial charge in [0.15, 0.2) is 5.82 Å². The fourth-order valence-electron chi connectivity index (χ4n) is 6.52. The third kappa shape index (κ3) is 4.73. The lowest BCUT2D eigenvalue weighted by atomic mass is 9.95. The summed E-state index contributed by atoms with van der Waals surface area (Å²) in [7, 11) is 0. The van der Waals surface area contributed by atoms with E-state index in [0.29, 0.717) is 0 Å². The molecule has 0 N–H and O–H groups in total. The summed E-state index contributed by atoms with van der Waals surface area (Å²) in [5.41, 5.74) is 12.9. The zero-order valence-electron chi connectivity index (χ0n) is 23.9. The maximum atomic E-state index is 5.04. The van der Waals surface area contributed by atoms with Gasteiger partial charge in [0.25, 0.3) is 0 Å². The van der Waals surface area contributed by atoms with Gasteiger partial charge >= 0.3 is 0 Å². The first-order chi connectivity index (χ1) is 21.3. The van der Waals surface area contributed by atoms with E-state index in [1.165, 1.54) is 58.2 Å². The van der Waals surface area contributed by atoms with Crippen molar-refractivity contribution < 1.29 is 0 Å². The largest absolute Gasteiger partial charge is 0.313 e. The van der Waals surface area contributed by atoms with E-state index in [2.05, 4.69) is 120 Å². The highest BCUT2D eigenvalue weighted by molar-refractivity contribution is 5.88. The number of aryl methyl sites for hydroxylation is 1. The Labute approximate surface area is 252 Å². The van der Waals surface area contributed by atoms with Crippen molar-refractivity contribution in [3.8, 4) is 50.7 Å². The predicted molar refractivity (Wildman–Crippen MR) is 177 cm³/mol. The van der Waals surface area contributed by atoms with Gasteiger partial charge in [-0.05, 0) is 72.7 Å². The van der Waals surface area contributed by atoms with Crippen LogP contribution in [0, 0.1) is 0 Å². The zero-order valence-corrected chi connectivity index (χ0v) is 23.9. The molecule has 3 heteroatoms. The Balaban J connectivity index is 1.18. The van der Waals surface area contributed by atoms with E-state index in [1.807, 2.05) is 24.3 Å². The SMILES string of the molecule is c1ccc(-c2cc(-c3cccc(-c4ccc(-n5c6c(c7ccccc75)CCCC6)cc4)c3)nc(-c3ccccc3)n2)cc1. The quantitative estimate of drug-likeness (QED) is 0.212. The maximum absolute atomic E-state index is 5.04. The van der Waals surface area contributed by atoms with E-state index in [9.17, 15) is 0 Å². The molecule has 0 fully saturated rings. The molecule has 2 aromatic heterocycles. The highest BCUT2D eigenvalue weighted by atomic mass is 15.0. The van der Waals surface area contributed by atoms with Crippen molar-refractivity contribution in [2.75, 3.05) is 0 Å². The van der Waals surface area contributed by atoms with Gasteiger partial charge in [0.05, 0.1) is 16.9 Å². The number of rotatable bonds is 5. The Morgan fingerprint density at radius 1 is 0.465 bits per heavy atom.